The van der Waals surface area contributed by atoms with Gasteiger partial charge in [-0.2, -0.15) is 0 Å². The minimum Gasteiger partial charge on any atom is -0.361 e. The van der Waals surface area contributed by atoms with Gasteiger partial charge >= 0.3 is 0 Å². The minimum atomic E-state index is -1.05. The summed E-state index contributed by atoms with van der Waals surface area (Å²) in [6.07, 6.45) is 1.96. The van der Waals surface area contributed by atoms with Crippen molar-refractivity contribution in [1.29, 1.82) is 0 Å². The highest BCUT2D eigenvalue weighted by Crippen LogP contribution is 2.19. The zero-order valence-electron chi connectivity index (χ0n) is 13.2. The van der Waals surface area contributed by atoms with E-state index in [4.69, 9.17) is 4.74 Å². The maximum atomic E-state index is 12.9. The molecule has 0 bridgehead atoms. The third kappa shape index (κ3) is 4.79. The molecule has 0 N–H and O–H groups in total. The topological polar surface area (TPSA) is 27.1 Å². The number of benzene rings is 1. The van der Waals surface area contributed by atoms with E-state index in [-0.39, 0.29) is 5.82 Å². The number of hydrogen-bond acceptors (Lipinski definition) is 2. The second kappa shape index (κ2) is 6.53. The Kier molecular flexibility index (Phi) is 4.95. The summed E-state index contributed by atoms with van der Waals surface area (Å²) in [5.41, 5.74) is 1.77. The molecule has 0 radical (unpaired) electrons. The summed E-state index contributed by atoms with van der Waals surface area (Å²) in [7, 11) is -1.05. The van der Waals surface area contributed by atoms with Gasteiger partial charge in [0.05, 0.1) is 5.69 Å². The number of hydrogen-bond donors (Lipinski definition) is 0. The van der Waals surface area contributed by atoms with Crippen LogP contribution in [-0.2, 0) is 11.5 Å². The standard InChI is InChI=1S/C16H23FN2OSi/c1-13-18-16(14-5-7-15(17)8-6-14)11-19(13)12-20-9-10-21(2,3)4/h5-8,11H,9-10,12H2,1-4H3. The summed E-state index contributed by atoms with van der Waals surface area (Å²) in [4.78, 5) is 4.51. The van der Waals surface area contributed by atoms with Gasteiger partial charge in [0.1, 0.15) is 18.4 Å². The van der Waals surface area contributed by atoms with Crippen LogP contribution < -0.4 is 0 Å². The smallest absolute Gasteiger partial charge is 0.123 e. The van der Waals surface area contributed by atoms with Crippen molar-refractivity contribution < 1.29 is 9.13 Å². The molecule has 0 aliphatic carbocycles. The van der Waals surface area contributed by atoms with E-state index >= 15 is 0 Å². The molecule has 1 aromatic carbocycles. The molecule has 0 amide bonds. The van der Waals surface area contributed by atoms with Gasteiger partial charge in [0.2, 0.25) is 0 Å². The number of halogens is 1. The normalized spacial score (nSPS) is 11.9. The number of rotatable bonds is 6. The van der Waals surface area contributed by atoms with Crippen molar-refractivity contribution in [2.45, 2.75) is 39.3 Å². The summed E-state index contributed by atoms with van der Waals surface area (Å²) < 4.78 is 20.7. The van der Waals surface area contributed by atoms with E-state index in [1.54, 1.807) is 12.1 Å². The molecule has 114 valence electrons. The second-order valence-corrected chi connectivity index (χ2v) is 12.1. The van der Waals surface area contributed by atoms with Crippen LogP contribution in [-0.4, -0.2) is 24.2 Å². The van der Waals surface area contributed by atoms with E-state index in [1.165, 1.54) is 12.1 Å². The third-order valence-electron chi connectivity index (χ3n) is 3.34. The quantitative estimate of drug-likeness (QED) is 0.587. The Labute approximate surface area is 126 Å². The van der Waals surface area contributed by atoms with Gasteiger partial charge in [-0.3, -0.25) is 0 Å². The van der Waals surface area contributed by atoms with Crippen molar-refractivity contribution in [3.63, 3.8) is 0 Å². The molecular weight excluding hydrogens is 283 g/mol. The number of aryl methyl sites for hydroxylation is 1. The van der Waals surface area contributed by atoms with E-state index in [1.807, 2.05) is 17.7 Å². The molecule has 2 rings (SSSR count). The number of imidazole rings is 1. The maximum absolute atomic E-state index is 12.9. The van der Waals surface area contributed by atoms with Crippen LogP contribution in [0, 0.1) is 12.7 Å². The van der Waals surface area contributed by atoms with Gasteiger partial charge < -0.3 is 9.30 Å². The Bertz CT molecular complexity index is 587. The highest BCUT2D eigenvalue weighted by atomic mass is 28.3. The highest BCUT2D eigenvalue weighted by molar-refractivity contribution is 6.76. The Morgan fingerprint density at radius 2 is 1.86 bits per heavy atom. The Morgan fingerprint density at radius 3 is 2.48 bits per heavy atom. The number of nitrogens with zero attached hydrogens (tertiary/aromatic N) is 2. The SMILES string of the molecule is Cc1nc(-c2ccc(F)cc2)cn1COCC[Si](C)(C)C. The van der Waals surface area contributed by atoms with Crippen molar-refractivity contribution in [3.05, 3.63) is 42.1 Å². The maximum Gasteiger partial charge on any atom is 0.123 e. The fraction of sp³-hybridized carbons (Fsp3) is 0.438. The van der Waals surface area contributed by atoms with E-state index in [0.29, 0.717) is 6.73 Å². The largest absolute Gasteiger partial charge is 0.361 e. The molecule has 0 unspecified atom stereocenters. The van der Waals surface area contributed by atoms with Crippen LogP contribution in [0.3, 0.4) is 0 Å². The van der Waals surface area contributed by atoms with E-state index in [0.717, 1.165) is 29.7 Å². The average molecular weight is 306 g/mol. The highest BCUT2D eigenvalue weighted by Gasteiger charge is 2.12. The van der Waals surface area contributed by atoms with Crippen LogP contribution in [0.15, 0.2) is 30.5 Å². The van der Waals surface area contributed by atoms with Crippen molar-refractivity contribution in [2.24, 2.45) is 0 Å². The van der Waals surface area contributed by atoms with Crippen molar-refractivity contribution >= 4 is 8.07 Å². The molecule has 0 aliphatic rings. The second-order valence-electron chi connectivity index (χ2n) is 6.50. The first-order valence-corrected chi connectivity index (χ1v) is 10.9. The van der Waals surface area contributed by atoms with E-state index in [9.17, 15) is 4.39 Å². The summed E-state index contributed by atoms with van der Waals surface area (Å²) in [5, 5.41) is 0. The van der Waals surface area contributed by atoms with Crippen LogP contribution in [0.1, 0.15) is 5.82 Å². The molecule has 0 aliphatic heterocycles. The van der Waals surface area contributed by atoms with Crippen LogP contribution in [0.25, 0.3) is 11.3 Å². The number of ether oxygens (including phenoxy) is 1. The van der Waals surface area contributed by atoms with Crippen LogP contribution in [0.4, 0.5) is 4.39 Å². The minimum absolute atomic E-state index is 0.232. The summed E-state index contributed by atoms with van der Waals surface area (Å²) >= 11 is 0. The van der Waals surface area contributed by atoms with E-state index in [2.05, 4.69) is 24.6 Å². The molecular formula is C16H23FN2OSi. The van der Waals surface area contributed by atoms with Crippen LogP contribution >= 0.6 is 0 Å². The predicted molar refractivity (Wildman–Crippen MR) is 86.5 cm³/mol. The van der Waals surface area contributed by atoms with Gasteiger partial charge in [0, 0.05) is 26.4 Å². The average Bonchev–Trinajstić information content (AvgIpc) is 2.76. The molecule has 3 nitrogen and oxygen atoms in total. The summed E-state index contributed by atoms with van der Waals surface area (Å²) in [5.74, 6) is 0.673. The first kappa shape index (κ1) is 15.9. The van der Waals surface area contributed by atoms with E-state index < -0.39 is 8.07 Å². The molecule has 5 heteroatoms. The summed E-state index contributed by atoms with van der Waals surface area (Å²) in [6, 6.07) is 7.55. The fourth-order valence-electron chi connectivity index (χ4n) is 1.94. The third-order valence-corrected chi connectivity index (χ3v) is 5.05. The number of aromatic nitrogens is 2. The lowest BCUT2D eigenvalue weighted by Gasteiger charge is -2.15. The van der Waals surface area contributed by atoms with Gasteiger partial charge in [-0.05, 0) is 37.2 Å². The molecule has 0 saturated carbocycles. The fourth-order valence-corrected chi connectivity index (χ4v) is 2.70. The van der Waals surface area contributed by atoms with Crippen molar-refractivity contribution in [3.8, 4) is 11.3 Å². The molecule has 2 aromatic rings. The predicted octanol–water partition coefficient (Wildman–Crippen LogP) is 4.31. The molecule has 21 heavy (non-hydrogen) atoms. The molecule has 0 saturated heterocycles. The van der Waals surface area contributed by atoms with Gasteiger partial charge in [0.25, 0.3) is 0 Å². The van der Waals surface area contributed by atoms with Gasteiger partial charge in [-0.25, -0.2) is 9.37 Å². The summed E-state index contributed by atoms with van der Waals surface area (Å²) in [6.45, 7) is 10.3. The zero-order valence-corrected chi connectivity index (χ0v) is 14.2. The molecule has 1 aromatic heterocycles. The van der Waals surface area contributed by atoms with Crippen molar-refractivity contribution in [2.75, 3.05) is 6.61 Å². The monoisotopic (exact) mass is 306 g/mol. The Morgan fingerprint density at radius 1 is 1.19 bits per heavy atom. The zero-order chi connectivity index (χ0) is 15.5. The van der Waals surface area contributed by atoms with Crippen LogP contribution in [0.5, 0.6) is 0 Å². The molecule has 0 atom stereocenters. The van der Waals surface area contributed by atoms with Crippen LogP contribution in [0.2, 0.25) is 25.7 Å². The lowest BCUT2D eigenvalue weighted by molar-refractivity contribution is 0.0858. The van der Waals surface area contributed by atoms with Gasteiger partial charge in [-0.1, -0.05) is 19.6 Å². The first-order valence-electron chi connectivity index (χ1n) is 7.23. The Hall–Kier alpha value is -1.46. The van der Waals surface area contributed by atoms with Gasteiger partial charge in [-0.15, -0.1) is 0 Å². The first-order chi connectivity index (χ1) is 9.85. The van der Waals surface area contributed by atoms with Crippen molar-refractivity contribution in [1.82, 2.24) is 9.55 Å². The molecule has 0 fully saturated rings. The Balaban J connectivity index is 1.98. The molecule has 1 heterocycles. The molecule has 0 spiro atoms. The lowest BCUT2D eigenvalue weighted by atomic mass is 10.2. The van der Waals surface area contributed by atoms with Gasteiger partial charge in [0.15, 0.2) is 0 Å². The lowest BCUT2D eigenvalue weighted by Crippen LogP contribution is -2.22.